The van der Waals surface area contributed by atoms with Gasteiger partial charge in [-0.25, -0.2) is 0 Å². The molecule has 2 heterocycles. The van der Waals surface area contributed by atoms with Crippen molar-refractivity contribution < 1.29 is 9.15 Å². The average Bonchev–Trinajstić information content (AvgIpc) is 3.32. The molecule has 2 aliphatic rings. The SMILES string of the molecule is C(#CC1CC1)c1ccc(-c2nnc(C[C@H]3CCCCO3)o2)cc1. The number of rotatable bonds is 3. The van der Waals surface area contributed by atoms with Crippen molar-refractivity contribution in [3.63, 3.8) is 0 Å². The molecule has 1 saturated heterocycles. The van der Waals surface area contributed by atoms with Crippen LogP contribution in [0.15, 0.2) is 28.7 Å². The molecule has 118 valence electrons. The van der Waals surface area contributed by atoms with Crippen molar-refractivity contribution >= 4 is 0 Å². The standard InChI is InChI=1S/C19H20N2O2/c1-2-12-22-17(3-1)13-18-20-21-19(23-18)16-10-8-15(9-11-16)7-6-14-4-5-14/h8-11,14,17H,1-5,12-13H2/t17-/m1/s1. The lowest BCUT2D eigenvalue weighted by atomic mass is 10.1. The van der Waals surface area contributed by atoms with Gasteiger partial charge in [-0.15, -0.1) is 10.2 Å². The molecule has 1 atom stereocenters. The Hall–Kier alpha value is -2.12. The second kappa shape index (κ2) is 6.55. The topological polar surface area (TPSA) is 48.2 Å². The zero-order chi connectivity index (χ0) is 15.5. The maximum Gasteiger partial charge on any atom is 0.247 e. The Morgan fingerprint density at radius 1 is 1.04 bits per heavy atom. The van der Waals surface area contributed by atoms with E-state index in [1.54, 1.807) is 0 Å². The first-order chi connectivity index (χ1) is 11.4. The Kier molecular flexibility index (Phi) is 4.12. The summed E-state index contributed by atoms with van der Waals surface area (Å²) in [6, 6.07) is 8.01. The van der Waals surface area contributed by atoms with Crippen LogP contribution in [0.5, 0.6) is 0 Å². The molecule has 0 bridgehead atoms. The van der Waals surface area contributed by atoms with Crippen molar-refractivity contribution in [3.05, 3.63) is 35.7 Å². The summed E-state index contributed by atoms with van der Waals surface area (Å²) >= 11 is 0. The monoisotopic (exact) mass is 308 g/mol. The lowest BCUT2D eigenvalue weighted by molar-refractivity contribution is 0.0132. The summed E-state index contributed by atoms with van der Waals surface area (Å²) in [5, 5.41) is 8.31. The summed E-state index contributed by atoms with van der Waals surface area (Å²) in [6.45, 7) is 0.842. The van der Waals surface area contributed by atoms with E-state index in [1.807, 2.05) is 24.3 Å². The lowest BCUT2D eigenvalue weighted by Crippen LogP contribution is -2.21. The van der Waals surface area contributed by atoms with Crippen LogP contribution in [0.4, 0.5) is 0 Å². The lowest BCUT2D eigenvalue weighted by Gasteiger charge is -2.20. The zero-order valence-corrected chi connectivity index (χ0v) is 13.1. The predicted molar refractivity (Wildman–Crippen MR) is 86.6 cm³/mol. The molecule has 4 heteroatoms. The van der Waals surface area contributed by atoms with Gasteiger partial charge >= 0.3 is 0 Å². The second-order valence-electron chi connectivity index (χ2n) is 6.31. The summed E-state index contributed by atoms with van der Waals surface area (Å²) in [5.41, 5.74) is 1.97. The smallest absolute Gasteiger partial charge is 0.247 e. The molecular formula is C19H20N2O2. The van der Waals surface area contributed by atoms with Gasteiger partial charge in [-0.1, -0.05) is 11.8 Å². The molecule has 2 aromatic rings. The van der Waals surface area contributed by atoms with E-state index in [1.165, 1.54) is 19.3 Å². The number of nitrogens with zero attached hydrogens (tertiary/aromatic N) is 2. The van der Waals surface area contributed by atoms with Crippen molar-refractivity contribution in [1.82, 2.24) is 10.2 Å². The molecule has 2 fully saturated rings. The van der Waals surface area contributed by atoms with Crippen LogP contribution >= 0.6 is 0 Å². The molecule has 23 heavy (non-hydrogen) atoms. The van der Waals surface area contributed by atoms with Crippen LogP contribution in [0.2, 0.25) is 0 Å². The van der Waals surface area contributed by atoms with Crippen molar-refractivity contribution in [3.8, 4) is 23.3 Å². The van der Waals surface area contributed by atoms with E-state index in [0.717, 1.165) is 30.6 Å². The third-order valence-corrected chi connectivity index (χ3v) is 4.27. The van der Waals surface area contributed by atoms with Crippen LogP contribution in [0.3, 0.4) is 0 Å². The average molecular weight is 308 g/mol. The van der Waals surface area contributed by atoms with Crippen LogP contribution in [0.25, 0.3) is 11.5 Å². The number of aromatic nitrogens is 2. The normalized spacial score (nSPS) is 20.8. The number of ether oxygens (including phenoxy) is 1. The van der Waals surface area contributed by atoms with Gasteiger partial charge in [0.05, 0.1) is 12.5 Å². The van der Waals surface area contributed by atoms with Crippen LogP contribution in [0.1, 0.15) is 43.6 Å². The van der Waals surface area contributed by atoms with Gasteiger partial charge in [0, 0.05) is 23.7 Å². The van der Waals surface area contributed by atoms with E-state index in [-0.39, 0.29) is 6.10 Å². The highest BCUT2D eigenvalue weighted by Crippen LogP contribution is 2.27. The Morgan fingerprint density at radius 2 is 1.91 bits per heavy atom. The van der Waals surface area contributed by atoms with E-state index in [2.05, 4.69) is 22.0 Å². The van der Waals surface area contributed by atoms with E-state index in [0.29, 0.717) is 24.1 Å². The van der Waals surface area contributed by atoms with Crippen molar-refractivity contribution in [1.29, 1.82) is 0 Å². The van der Waals surface area contributed by atoms with E-state index in [4.69, 9.17) is 9.15 Å². The fourth-order valence-corrected chi connectivity index (χ4v) is 2.73. The van der Waals surface area contributed by atoms with Crippen molar-refractivity contribution in [2.75, 3.05) is 6.61 Å². The van der Waals surface area contributed by atoms with E-state index < -0.39 is 0 Å². The van der Waals surface area contributed by atoms with Gasteiger partial charge in [-0.3, -0.25) is 0 Å². The predicted octanol–water partition coefficient (Wildman–Crippen LogP) is 3.61. The highest BCUT2D eigenvalue weighted by molar-refractivity contribution is 5.54. The Morgan fingerprint density at radius 3 is 2.65 bits per heavy atom. The maximum atomic E-state index is 5.78. The van der Waals surface area contributed by atoms with Crippen molar-refractivity contribution in [2.45, 2.75) is 44.6 Å². The minimum Gasteiger partial charge on any atom is -0.421 e. The van der Waals surface area contributed by atoms with Gasteiger partial charge in [-0.2, -0.15) is 0 Å². The molecule has 0 N–H and O–H groups in total. The highest BCUT2D eigenvalue weighted by atomic mass is 16.5. The molecule has 1 aromatic carbocycles. The quantitative estimate of drug-likeness (QED) is 0.813. The summed E-state index contributed by atoms with van der Waals surface area (Å²) in [7, 11) is 0. The van der Waals surface area contributed by atoms with Gasteiger partial charge in [0.2, 0.25) is 11.8 Å². The zero-order valence-electron chi connectivity index (χ0n) is 13.1. The summed E-state index contributed by atoms with van der Waals surface area (Å²) in [4.78, 5) is 0. The first-order valence-corrected chi connectivity index (χ1v) is 8.43. The van der Waals surface area contributed by atoms with Crippen molar-refractivity contribution in [2.24, 2.45) is 5.92 Å². The highest BCUT2D eigenvalue weighted by Gasteiger charge is 2.19. The molecular weight excluding hydrogens is 288 g/mol. The maximum absolute atomic E-state index is 5.78. The van der Waals surface area contributed by atoms with Crippen LogP contribution in [-0.2, 0) is 11.2 Å². The molecule has 4 nitrogen and oxygen atoms in total. The van der Waals surface area contributed by atoms with E-state index in [9.17, 15) is 0 Å². The fraction of sp³-hybridized carbons (Fsp3) is 0.474. The third-order valence-electron chi connectivity index (χ3n) is 4.27. The van der Waals surface area contributed by atoms with Crippen LogP contribution < -0.4 is 0 Å². The Bertz CT molecular complexity index is 714. The molecule has 1 aliphatic carbocycles. The van der Waals surface area contributed by atoms with Crippen LogP contribution in [-0.4, -0.2) is 22.9 Å². The molecule has 1 saturated carbocycles. The van der Waals surface area contributed by atoms with Gasteiger partial charge in [-0.05, 0) is 56.4 Å². The summed E-state index contributed by atoms with van der Waals surface area (Å²) in [5.74, 6) is 8.32. The molecule has 0 radical (unpaired) electrons. The molecule has 0 amide bonds. The number of hydrogen-bond acceptors (Lipinski definition) is 4. The van der Waals surface area contributed by atoms with Gasteiger partial charge in [0.1, 0.15) is 0 Å². The molecule has 4 rings (SSSR count). The number of benzene rings is 1. The first kappa shape index (κ1) is 14.5. The van der Waals surface area contributed by atoms with Gasteiger partial charge < -0.3 is 9.15 Å². The number of hydrogen-bond donors (Lipinski definition) is 0. The first-order valence-electron chi connectivity index (χ1n) is 8.43. The summed E-state index contributed by atoms with van der Waals surface area (Å²) in [6.07, 6.45) is 6.87. The minimum atomic E-state index is 0.220. The second-order valence-corrected chi connectivity index (χ2v) is 6.31. The molecule has 0 spiro atoms. The largest absolute Gasteiger partial charge is 0.421 e. The summed E-state index contributed by atoms with van der Waals surface area (Å²) < 4.78 is 11.5. The molecule has 1 aromatic heterocycles. The van der Waals surface area contributed by atoms with Gasteiger partial charge in [0.25, 0.3) is 0 Å². The van der Waals surface area contributed by atoms with E-state index >= 15 is 0 Å². The third kappa shape index (κ3) is 3.80. The Labute approximate surface area is 136 Å². The van der Waals surface area contributed by atoms with Gasteiger partial charge in [0.15, 0.2) is 0 Å². The molecule has 0 unspecified atom stereocenters. The van der Waals surface area contributed by atoms with Crippen LogP contribution in [0, 0.1) is 17.8 Å². The minimum absolute atomic E-state index is 0.220. The molecule has 1 aliphatic heterocycles. The Balaban J connectivity index is 1.42. The fourth-order valence-electron chi connectivity index (χ4n) is 2.73.